The number of urea groups is 1. The number of amides is 2. The van der Waals surface area contributed by atoms with Gasteiger partial charge in [0.1, 0.15) is 18.2 Å². The quantitative estimate of drug-likeness (QED) is 0.484. The summed E-state index contributed by atoms with van der Waals surface area (Å²) in [7, 11) is 1.53. The first-order valence-electron chi connectivity index (χ1n) is 12.0. The molecule has 4 heterocycles. The third-order valence-electron chi connectivity index (χ3n) is 6.46. The highest BCUT2D eigenvalue weighted by atomic mass is 19.4. The molecule has 0 saturated carbocycles. The topological polar surface area (TPSA) is 120 Å². The number of aryl methyl sites for hydroxylation is 2. The Morgan fingerprint density at radius 3 is 2.68 bits per heavy atom. The Balaban J connectivity index is 1.42. The van der Waals surface area contributed by atoms with Crippen molar-refractivity contribution < 1.29 is 27.4 Å². The van der Waals surface area contributed by atoms with Gasteiger partial charge in [-0.15, -0.1) is 0 Å². The summed E-state index contributed by atoms with van der Waals surface area (Å²) in [5.41, 5.74) is 7.17. The summed E-state index contributed by atoms with van der Waals surface area (Å²) in [4.78, 5) is 21.7. The van der Waals surface area contributed by atoms with Crippen molar-refractivity contribution in [3.05, 3.63) is 53.1 Å². The zero-order valence-corrected chi connectivity index (χ0v) is 20.8. The lowest BCUT2D eigenvalue weighted by Gasteiger charge is -2.18. The number of nitrogens with one attached hydrogen (secondary N) is 1. The molecule has 1 saturated heterocycles. The number of carbonyl (C=O) groups excluding carboxylic acids is 1. The first-order valence-corrected chi connectivity index (χ1v) is 12.0. The summed E-state index contributed by atoms with van der Waals surface area (Å²) in [6.07, 6.45) is -2.21. The maximum Gasteiger partial charge on any atom is 0.419 e. The van der Waals surface area contributed by atoms with E-state index in [9.17, 15) is 18.0 Å². The van der Waals surface area contributed by atoms with Gasteiger partial charge in [-0.2, -0.15) is 18.3 Å². The molecular weight excluding hydrogens is 503 g/mol. The molecule has 0 unspecified atom stereocenters. The van der Waals surface area contributed by atoms with Gasteiger partial charge in [0, 0.05) is 36.8 Å². The van der Waals surface area contributed by atoms with Gasteiger partial charge in [-0.05, 0) is 37.6 Å². The predicted octanol–water partition coefficient (Wildman–Crippen LogP) is 3.47. The van der Waals surface area contributed by atoms with E-state index in [0.29, 0.717) is 73.5 Å². The van der Waals surface area contributed by atoms with Gasteiger partial charge in [0.25, 0.3) is 0 Å². The highest BCUT2D eigenvalue weighted by Crippen LogP contribution is 2.37. The number of nitrogens with zero attached hydrogens (tertiary/aromatic N) is 5. The van der Waals surface area contributed by atoms with Gasteiger partial charge in [-0.3, -0.25) is 0 Å². The highest BCUT2D eigenvalue weighted by Gasteiger charge is 2.35. The lowest BCUT2D eigenvalue weighted by molar-refractivity contribution is -0.137. The van der Waals surface area contributed by atoms with Crippen molar-refractivity contribution in [2.45, 2.75) is 25.9 Å². The van der Waals surface area contributed by atoms with Gasteiger partial charge in [-0.1, -0.05) is 0 Å². The van der Waals surface area contributed by atoms with Gasteiger partial charge in [-0.25, -0.2) is 19.4 Å². The molecule has 5 rings (SSSR count). The number of imidazole rings is 1. The number of anilines is 1. The molecule has 3 N–H and O–H groups in total. The minimum atomic E-state index is -4.64. The summed E-state index contributed by atoms with van der Waals surface area (Å²) >= 11 is 0. The van der Waals surface area contributed by atoms with Gasteiger partial charge in [0.05, 0.1) is 36.3 Å². The number of hydrogen-bond donors (Lipinski definition) is 2. The largest absolute Gasteiger partial charge is 0.493 e. The van der Waals surface area contributed by atoms with E-state index in [-0.39, 0.29) is 11.6 Å². The molecule has 0 radical (unpaired) electrons. The molecule has 0 atom stereocenters. The number of alkyl halides is 3. The average molecular weight is 530 g/mol. The zero-order chi connectivity index (χ0) is 27.0. The fraction of sp³-hybridized carbons (Fsp3) is 0.360. The maximum atomic E-state index is 13.5. The SMILES string of the molecule is COc1cc(C2=Nn3c(nc(C)c3-c3cnc(N)c(C(F)(F)F)c3)CC2)ccc1OCCN1CCNC1=O. The Labute approximate surface area is 216 Å². The van der Waals surface area contributed by atoms with E-state index in [4.69, 9.17) is 20.3 Å². The van der Waals surface area contributed by atoms with Crippen LogP contribution in [0.15, 0.2) is 35.6 Å². The predicted molar refractivity (Wildman–Crippen MR) is 133 cm³/mol. The van der Waals surface area contributed by atoms with Crippen LogP contribution in [0, 0.1) is 6.92 Å². The number of rotatable bonds is 7. The average Bonchev–Trinajstić information content (AvgIpc) is 3.44. The maximum absolute atomic E-state index is 13.5. The first kappa shape index (κ1) is 25.4. The normalized spacial score (nSPS) is 15.2. The Morgan fingerprint density at radius 1 is 1.16 bits per heavy atom. The van der Waals surface area contributed by atoms with E-state index in [0.717, 1.165) is 11.6 Å². The van der Waals surface area contributed by atoms with Gasteiger partial charge < -0.3 is 25.4 Å². The summed E-state index contributed by atoms with van der Waals surface area (Å²) in [6.45, 7) is 3.74. The minimum Gasteiger partial charge on any atom is -0.493 e. The third-order valence-corrected chi connectivity index (χ3v) is 6.46. The zero-order valence-electron chi connectivity index (χ0n) is 20.8. The number of hydrogen-bond acceptors (Lipinski definition) is 7. The second-order valence-corrected chi connectivity index (χ2v) is 8.91. The van der Waals surface area contributed by atoms with E-state index in [1.54, 1.807) is 28.6 Å². The summed E-state index contributed by atoms with van der Waals surface area (Å²) < 4.78 is 53.3. The molecule has 2 aliphatic rings. The Hall–Kier alpha value is -4.29. The highest BCUT2D eigenvalue weighted by molar-refractivity contribution is 6.01. The number of halogens is 3. The molecule has 0 bridgehead atoms. The van der Waals surface area contributed by atoms with Crippen LogP contribution in [0.25, 0.3) is 11.3 Å². The van der Waals surface area contributed by atoms with Gasteiger partial charge >= 0.3 is 12.2 Å². The molecule has 2 aromatic heterocycles. The van der Waals surface area contributed by atoms with Crippen molar-refractivity contribution in [3.63, 3.8) is 0 Å². The molecule has 0 aliphatic carbocycles. The molecule has 13 heteroatoms. The molecule has 38 heavy (non-hydrogen) atoms. The van der Waals surface area contributed by atoms with E-state index in [2.05, 4.69) is 15.3 Å². The Kier molecular flexibility index (Phi) is 6.59. The van der Waals surface area contributed by atoms with Crippen molar-refractivity contribution in [3.8, 4) is 22.8 Å². The van der Waals surface area contributed by atoms with Crippen LogP contribution in [0.5, 0.6) is 11.5 Å². The Bertz CT molecular complexity index is 1420. The van der Waals surface area contributed by atoms with Crippen LogP contribution in [0.4, 0.5) is 23.8 Å². The van der Waals surface area contributed by atoms with Crippen LogP contribution in [0.1, 0.15) is 29.1 Å². The number of methoxy groups -OCH3 is 1. The molecule has 1 fully saturated rings. The van der Waals surface area contributed by atoms with Crippen molar-refractivity contribution in [2.24, 2.45) is 5.10 Å². The number of nitrogen functional groups attached to an aromatic ring is 1. The number of ether oxygens (including phenoxy) is 2. The van der Waals surface area contributed by atoms with Crippen molar-refractivity contribution >= 4 is 17.6 Å². The molecular formula is C25H26F3N7O3. The molecule has 2 aliphatic heterocycles. The van der Waals surface area contributed by atoms with E-state index in [1.165, 1.54) is 13.3 Å². The second kappa shape index (κ2) is 9.88. The smallest absolute Gasteiger partial charge is 0.419 e. The minimum absolute atomic E-state index is 0.107. The number of nitrogens with two attached hydrogens (primary N) is 1. The van der Waals surface area contributed by atoms with E-state index >= 15 is 0 Å². The van der Waals surface area contributed by atoms with Crippen molar-refractivity contribution in [2.75, 3.05) is 39.1 Å². The third kappa shape index (κ3) is 4.83. The lowest BCUT2D eigenvalue weighted by Crippen LogP contribution is -2.31. The molecule has 2 amide bonds. The van der Waals surface area contributed by atoms with Crippen molar-refractivity contribution in [1.29, 1.82) is 0 Å². The number of benzene rings is 1. The standard InChI is InChI=1S/C25H26F3N7O3/c1-14-22(16-11-17(25(26,27)28)23(29)31-13-16)35-21(32-14)6-4-18(33-35)15-3-5-19(20(12-15)37-2)38-10-9-34-8-7-30-24(34)36/h3,5,11-13H,4,6-10H2,1-2H3,(H2,29,31)(H,30,36). The second-order valence-electron chi connectivity index (χ2n) is 8.91. The first-order chi connectivity index (χ1) is 18.2. The van der Waals surface area contributed by atoms with Crippen LogP contribution >= 0.6 is 0 Å². The Morgan fingerprint density at radius 2 is 1.97 bits per heavy atom. The van der Waals surface area contributed by atoms with Crippen molar-refractivity contribution in [1.82, 2.24) is 24.9 Å². The molecule has 1 aromatic carbocycles. The molecule has 200 valence electrons. The molecule has 0 spiro atoms. The number of pyridine rings is 1. The number of carbonyl (C=O) groups is 1. The van der Waals surface area contributed by atoms with Crippen LogP contribution < -0.4 is 20.5 Å². The van der Waals surface area contributed by atoms with E-state index in [1.807, 2.05) is 6.07 Å². The summed E-state index contributed by atoms with van der Waals surface area (Å²) in [5, 5.41) is 7.49. The van der Waals surface area contributed by atoms with E-state index < -0.39 is 17.6 Å². The van der Waals surface area contributed by atoms with Crippen LogP contribution in [-0.2, 0) is 12.6 Å². The molecule has 3 aromatic rings. The van der Waals surface area contributed by atoms with Crippen LogP contribution in [-0.4, -0.2) is 64.6 Å². The summed E-state index contributed by atoms with van der Waals surface area (Å²) in [5.74, 6) is 1.09. The van der Waals surface area contributed by atoms with Gasteiger partial charge in [0.15, 0.2) is 11.5 Å². The fourth-order valence-corrected chi connectivity index (χ4v) is 4.57. The number of aromatic nitrogens is 3. The fourth-order valence-electron chi connectivity index (χ4n) is 4.57. The number of fused-ring (bicyclic) bond motifs is 1. The monoisotopic (exact) mass is 529 g/mol. The molecule has 10 nitrogen and oxygen atoms in total. The van der Waals surface area contributed by atoms with Crippen LogP contribution in [0.2, 0.25) is 0 Å². The summed E-state index contributed by atoms with van der Waals surface area (Å²) in [6, 6.07) is 6.29. The lowest BCUT2D eigenvalue weighted by atomic mass is 10.0. The van der Waals surface area contributed by atoms with Crippen LogP contribution in [0.3, 0.4) is 0 Å². The van der Waals surface area contributed by atoms with Gasteiger partial charge in [0.2, 0.25) is 0 Å².